The Labute approximate surface area is 285 Å². The van der Waals surface area contributed by atoms with E-state index in [-0.39, 0.29) is 53.6 Å². The van der Waals surface area contributed by atoms with E-state index in [2.05, 4.69) is 38.1 Å². The fourth-order valence-corrected chi connectivity index (χ4v) is 7.79. The fraction of sp³-hybridized carbons (Fsp3) is 0.343. The summed E-state index contributed by atoms with van der Waals surface area (Å²) >= 11 is 9.74. The lowest BCUT2D eigenvalue weighted by molar-refractivity contribution is -0.00238. The number of fused-ring (bicyclic) bond motifs is 1. The van der Waals surface area contributed by atoms with Gasteiger partial charge in [-0.15, -0.1) is 0 Å². The minimum atomic E-state index is -0.570. The molecule has 244 valence electrons. The summed E-state index contributed by atoms with van der Waals surface area (Å²) in [5.74, 6) is -1.31. The third-order valence-electron chi connectivity index (χ3n) is 9.65. The van der Waals surface area contributed by atoms with Gasteiger partial charge in [-0.25, -0.2) is 9.18 Å². The number of aryl methyl sites for hydroxylation is 1. The molecule has 1 N–H and O–H groups in total. The normalized spacial score (nSPS) is 18.5. The van der Waals surface area contributed by atoms with Crippen LogP contribution in [0.15, 0.2) is 69.9 Å². The van der Waals surface area contributed by atoms with Crippen molar-refractivity contribution in [1.82, 2.24) is 24.3 Å². The zero-order chi connectivity index (χ0) is 33.2. The lowest BCUT2D eigenvalue weighted by Crippen LogP contribution is -2.71. The number of amides is 2. The van der Waals surface area contributed by atoms with E-state index in [1.54, 1.807) is 21.6 Å². The van der Waals surface area contributed by atoms with Gasteiger partial charge in [0.2, 0.25) is 0 Å². The predicted molar refractivity (Wildman–Crippen MR) is 183 cm³/mol. The molecule has 9 nitrogen and oxygen atoms in total. The molecule has 2 amide bonds. The molecule has 0 unspecified atom stereocenters. The Hall–Kier alpha value is -3.93. The Morgan fingerprint density at radius 2 is 1.74 bits per heavy atom. The Morgan fingerprint density at radius 3 is 2.40 bits per heavy atom. The zero-order valence-corrected chi connectivity index (χ0v) is 28.7. The molecule has 2 saturated heterocycles. The molecule has 1 spiro atoms. The van der Waals surface area contributed by atoms with Crippen LogP contribution in [-0.4, -0.2) is 70.0 Å². The smallest absolute Gasteiger partial charge is 0.333 e. The Kier molecular flexibility index (Phi) is 8.05. The molecule has 2 fully saturated rings. The van der Waals surface area contributed by atoms with Crippen LogP contribution in [0.3, 0.4) is 0 Å². The maximum absolute atomic E-state index is 14.6. The van der Waals surface area contributed by atoms with Crippen molar-refractivity contribution >= 4 is 45.0 Å². The second-order valence-corrected chi connectivity index (χ2v) is 14.5. The maximum Gasteiger partial charge on any atom is 0.333 e. The number of rotatable bonds is 6. The van der Waals surface area contributed by atoms with Crippen LogP contribution in [0.25, 0.3) is 5.69 Å². The molecule has 7 rings (SSSR count). The average Bonchev–Trinajstić information content (AvgIpc) is 3.29. The molecular weight excluding hydrogens is 687 g/mol. The summed E-state index contributed by atoms with van der Waals surface area (Å²) in [6.45, 7) is 8.07. The summed E-state index contributed by atoms with van der Waals surface area (Å²) in [5, 5.41) is 2.98. The monoisotopic (exact) mass is 720 g/mol. The van der Waals surface area contributed by atoms with Crippen LogP contribution >= 0.6 is 27.5 Å². The molecule has 12 heteroatoms. The molecule has 1 atom stereocenters. The molecule has 0 bridgehead atoms. The molecule has 4 heterocycles. The van der Waals surface area contributed by atoms with Crippen molar-refractivity contribution in [3.8, 4) is 5.69 Å². The molecule has 4 aromatic rings. The first kappa shape index (κ1) is 31.7. The molecular formula is C35H35BrClFN6O3. The molecule has 0 saturated carbocycles. The van der Waals surface area contributed by atoms with Gasteiger partial charge < -0.3 is 20.0 Å². The van der Waals surface area contributed by atoms with Crippen molar-refractivity contribution in [3.05, 3.63) is 115 Å². The molecule has 3 aromatic carbocycles. The molecule has 0 aliphatic carbocycles. The van der Waals surface area contributed by atoms with Crippen molar-refractivity contribution in [3.63, 3.8) is 0 Å². The number of hydrogen-bond acceptors (Lipinski definition) is 5. The van der Waals surface area contributed by atoms with E-state index in [1.165, 1.54) is 16.7 Å². The molecule has 3 aliphatic heterocycles. The van der Waals surface area contributed by atoms with E-state index in [1.807, 2.05) is 50.2 Å². The first-order valence-corrected chi connectivity index (χ1v) is 16.8. The third-order valence-corrected chi connectivity index (χ3v) is 10.9. The first-order chi connectivity index (χ1) is 22.4. The number of nitrogens with one attached hydrogen (secondary N) is 1. The van der Waals surface area contributed by atoms with E-state index in [0.29, 0.717) is 22.4 Å². The number of aromatic nitrogens is 2. The van der Waals surface area contributed by atoms with Crippen LogP contribution in [0.5, 0.6) is 0 Å². The SMILES string of the molecule is Cc1cc(C(=O)N2Cc3c(C(=O)NCc4c(F)cccc4Cl)n(-c4ccc(N5CC6(CN(C)C6)C5)cc4)c(=O)n3C[C@H]2C)ccc1Br. The van der Waals surface area contributed by atoms with Crippen molar-refractivity contribution in [1.29, 1.82) is 0 Å². The lowest BCUT2D eigenvalue weighted by atomic mass is 9.73. The fourth-order valence-electron chi connectivity index (χ4n) is 7.32. The number of benzene rings is 3. The predicted octanol–water partition coefficient (Wildman–Crippen LogP) is 5.23. The van der Waals surface area contributed by atoms with E-state index in [0.717, 1.165) is 41.9 Å². The van der Waals surface area contributed by atoms with Gasteiger partial charge in [-0.05, 0) is 81.1 Å². The largest absolute Gasteiger partial charge is 0.370 e. The van der Waals surface area contributed by atoms with Crippen LogP contribution in [0, 0.1) is 18.2 Å². The van der Waals surface area contributed by atoms with Gasteiger partial charge in [-0.2, -0.15) is 0 Å². The van der Waals surface area contributed by atoms with Crippen LogP contribution in [-0.2, 0) is 19.6 Å². The third kappa shape index (κ3) is 5.58. The van der Waals surface area contributed by atoms with E-state index < -0.39 is 11.7 Å². The number of imidazole rings is 1. The second kappa shape index (κ2) is 11.9. The van der Waals surface area contributed by atoms with Gasteiger partial charge in [0.1, 0.15) is 11.5 Å². The summed E-state index contributed by atoms with van der Waals surface area (Å²) in [7, 11) is 2.13. The van der Waals surface area contributed by atoms with E-state index in [4.69, 9.17) is 11.6 Å². The van der Waals surface area contributed by atoms with Gasteiger partial charge in [0.25, 0.3) is 11.8 Å². The molecule has 47 heavy (non-hydrogen) atoms. The topological polar surface area (TPSA) is 82.8 Å². The van der Waals surface area contributed by atoms with Crippen molar-refractivity contribution in [2.45, 2.75) is 39.5 Å². The average molecular weight is 722 g/mol. The summed E-state index contributed by atoms with van der Waals surface area (Å²) in [4.78, 5) is 48.2. The summed E-state index contributed by atoms with van der Waals surface area (Å²) < 4.78 is 18.5. The van der Waals surface area contributed by atoms with Crippen LogP contribution in [0.4, 0.5) is 10.1 Å². The van der Waals surface area contributed by atoms with Crippen LogP contribution < -0.4 is 15.9 Å². The summed E-state index contributed by atoms with van der Waals surface area (Å²) in [6.07, 6.45) is 0. The quantitative estimate of drug-likeness (QED) is 0.295. The highest BCUT2D eigenvalue weighted by molar-refractivity contribution is 9.10. The minimum Gasteiger partial charge on any atom is -0.370 e. The van der Waals surface area contributed by atoms with Crippen molar-refractivity contribution in [2.24, 2.45) is 5.41 Å². The number of halogens is 3. The standard InChI is InChI=1S/C35H35BrClFN6O3/c1-21-13-23(7-12-27(21)36)33(46)42-16-30-31(32(45)39-14-26-28(37)5-4-6-29(26)38)44(34(47)43(30)15-22(42)2)25-10-8-24(9-11-25)41-19-35(20-41)17-40(3)18-35/h4-13,22H,14-20H2,1-3H3,(H,39,45)/t22-/m1/s1. The number of carbonyl (C=O) groups is 2. The van der Waals surface area contributed by atoms with Gasteiger partial charge in [-0.3, -0.25) is 18.7 Å². The lowest BCUT2D eigenvalue weighted by Gasteiger charge is -2.60. The van der Waals surface area contributed by atoms with Crippen molar-refractivity contribution in [2.75, 3.05) is 38.1 Å². The number of carbonyl (C=O) groups excluding carboxylic acids is 2. The summed E-state index contributed by atoms with van der Waals surface area (Å²) in [5.41, 5.74) is 3.69. The number of hydrogen-bond donors (Lipinski definition) is 1. The highest BCUT2D eigenvalue weighted by Gasteiger charge is 2.50. The Morgan fingerprint density at radius 1 is 1.04 bits per heavy atom. The van der Waals surface area contributed by atoms with Gasteiger partial charge >= 0.3 is 5.69 Å². The number of anilines is 1. The first-order valence-electron chi connectivity index (χ1n) is 15.6. The van der Waals surface area contributed by atoms with Gasteiger partial charge in [0.05, 0.1) is 17.9 Å². The van der Waals surface area contributed by atoms with Crippen LogP contribution in [0.2, 0.25) is 5.02 Å². The maximum atomic E-state index is 14.6. The number of nitrogens with zero attached hydrogens (tertiary/aromatic N) is 5. The number of likely N-dealkylation sites (tertiary alicyclic amines) is 1. The van der Waals surface area contributed by atoms with Gasteiger partial charge in [-0.1, -0.05) is 33.6 Å². The van der Waals surface area contributed by atoms with Crippen molar-refractivity contribution < 1.29 is 14.0 Å². The molecule has 1 aromatic heterocycles. The highest BCUT2D eigenvalue weighted by atomic mass is 79.9. The molecule has 3 aliphatic rings. The van der Waals surface area contributed by atoms with Crippen LogP contribution in [0.1, 0.15) is 44.6 Å². The minimum absolute atomic E-state index is 0.0446. The van der Waals surface area contributed by atoms with Gasteiger partial charge in [0, 0.05) is 77.0 Å². The van der Waals surface area contributed by atoms with E-state index in [9.17, 15) is 18.8 Å². The zero-order valence-electron chi connectivity index (χ0n) is 26.4. The highest BCUT2D eigenvalue weighted by Crippen LogP contribution is 2.41. The van der Waals surface area contributed by atoms with Gasteiger partial charge in [0.15, 0.2) is 0 Å². The Balaban J connectivity index is 1.24. The summed E-state index contributed by atoms with van der Waals surface area (Å²) in [6, 6.07) is 17.1. The Bertz CT molecular complexity index is 1940. The van der Waals surface area contributed by atoms with E-state index >= 15 is 0 Å². The molecule has 0 radical (unpaired) electrons. The second-order valence-electron chi connectivity index (χ2n) is 13.2.